The molecule has 0 saturated heterocycles. The second kappa shape index (κ2) is 8.15. The second-order valence-corrected chi connectivity index (χ2v) is 10.1. The number of hydrogen-bond donors (Lipinski definition) is 0. The van der Waals surface area contributed by atoms with Crippen LogP contribution in [0.25, 0.3) is 10.2 Å². The first-order valence-electron chi connectivity index (χ1n) is 10.5. The highest BCUT2D eigenvalue weighted by Gasteiger charge is 2.27. The Morgan fingerprint density at radius 1 is 1.20 bits per heavy atom. The summed E-state index contributed by atoms with van der Waals surface area (Å²) in [6.45, 7) is 0. The first kappa shape index (κ1) is 19.8. The molecule has 5 rings (SSSR count). The number of non-ortho nitro benzene ring substituents is 1. The number of thioether (sulfide) groups is 1. The normalized spacial score (nSPS) is 16.8. The number of aryl methyl sites for hydroxylation is 2. The third-order valence-corrected chi connectivity index (χ3v) is 8.38. The molecule has 0 unspecified atom stereocenters. The van der Waals surface area contributed by atoms with E-state index in [4.69, 9.17) is 4.98 Å². The van der Waals surface area contributed by atoms with E-state index in [0.29, 0.717) is 5.75 Å². The molecule has 0 aliphatic heterocycles. The molecule has 0 atom stereocenters. The molecule has 6 nitrogen and oxygen atoms in total. The minimum absolute atomic E-state index is 0.0932. The molecule has 2 aromatic heterocycles. The Hall–Kier alpha value is -2.19. The summed E-state index contributed by atoms with van der Waals surface area (Å²) in [5.74, 6) is 0.553. The van der Waals surface area contributed by atoms with E-state index in [1.807, 2.05) is 10.6 Å². The topological polar surface area (TPSA) is 78.0 Å². The van der Waals surface area contributed by atoms with E-state index in [2.05, 4.69) is 0 Å². The second-order valence-electron chi connectivity index (χ2n) is 8.11. The van der Waals surface area contributed by atoms with E-state index in [0.717, 1.165) is 65.9 Å². The number of benzene rings is 1. The quantitative estimate of drug-likeness (QED) is 0.221. The third-order valence-electron chi connectivity index (χ3n) is 6.17. The number of nitro groups is 1. The summed E-state index contributed by atoms with van der Waals surface area (Å²) in [6, 6.07) is 6.92. The average molecular weight is 442 g/mol. The maximum atomic E-state index is 13.7. The minimum Gasteiger partial charge on any atom is -0.284 e. The van der Waals surface area contributed by atoms with Crippen LogP contribution in [0.1, 0.15) is 60.6 Å². The predicted octanol–water partition coefficient (Wildman–Crippen LogP) is 5.65. The molecule has 1 saturated carbocycles. The Balaban J connectivity index is 1.56. The first-order chi connectivity index (χ1) is 14.6. The maximum Gasteiger partial charge on any atom is 0.269 e. The minimum atomic E-state index is -0.372. The molecule has 3 aromatic rings. The molecule has 2 aliphatic carbocycles. The zero-order valence-electron chi connectivity index (χ0n) is 16.6. The number of nitrogens with zero attached hydrogens (tertiary/aromatic N) is 3. The fraction of sp³-hybridized carbons (Fsp3) is 0.455. The Kier molecular flexibility index (Phi) is 5.37. The summed E-state index contributed by atoms with van der Waals surface area (Å²) in [5, 5.41) is 12.7. The molecule has 0 amide bonds. The molecule has 30 heavy (non-hydrogen) atoms. The zero-order chi connectivity index (χ0) is 20.7. The molecule has 8 heteroatoms. The zero-order valence-corrected chi connectivity index (χ0v) is 18.3. The van der Waals surface area contributed by atoms with E-state index < -0.39 is 0 Å². The summed E-state index contributed by atoms with van der Waals surface area (Å²) in [7, 11) is 0. The van der Waals surface area contributed by atoms with Crippen LogP contribution in [0.2, 0.25) is 0 Å². The molecule has 0 radical (unpaired) electrons. The fourth-order valence-electron chi connectivity index (χ4n) is 4.69. The van der Waals surface area contributed by atoms with Crippen molar-refractivity contribution >= 4 is 39.0 Å². The number of hydrogen-bond acceptors (Lipinski definition) is 6. The van der Waals surface area contributed by atoms with Gasteiger partial charge in [-0.1, -0.05) is 36.7 Å². The lowest BCUT2D eigenvalue weighted by Crippen LogP contribution is -2.26. The highest BCUT2D eigenvalue weighted by molar-refractivity contribution is 7.98. The van der Waals surface area contributed by atoms with Crippen LogP contribution in [-0.2, 0) is 18.6 Å². The molecular weight excluding hydrogens is 418 g/mol. The number of nitro benzene ring substituents is 1. The molecule has 1 fully saturated rings. The van der Waals surface area contributed by atoms with Gasteiger partial charge in [0.2, 0.25) is 0 Å². The number of aromatic nitrogens is 2. The van der Waals surface area contributed by atoms with Gasteiger partial charge in [0.15, 0.2) is 5.16 Å². The van der Waals surface area contributed by atoms with Crippen LogP contribution in [0.4, 0.5) is 5.69 Å². The van der Waals surface area contributed by atoms with Crippen molar-refractivity contribution in [3.05, 3.63) is 60.7 Å². The van der Waals surface area contributed by atoms with Crippen molar-refractivity contribution in [1.29, 1.82) is 0 Å². The predicted molar refractivity (Wildman–Crippen MR) is 121 cm³/mol. The van der Waals surface area contributed by atoms with Crippen molar-refractivity contribution < 1.29 is 4.92 Å². The van der Waals surface area contributed by atoms with Gasteiger partial charge < -0.3 is 0 Å². The summed E-state index contributed by atoms with van der Waals surface area (Å²) in [4.78, 5) is 31.5. The lowest BCUT2D eigenvalue weighted by molar-refractivity contribution is -0.384. The third kappa shape index (κ3) is 3.56. The standard InChI is InChI=1S/C22H23N3O3S2/c26-21-19-17-10-3-4-11-18(17)30-20(19)23-22(24(21)15-7-1-2-8-15)29-13-14-6-5-9-16(12-14)25(27)28/h5-6,9,12,15H,1-4,7-8,10-11,13H2. The van der Waals surface area contributed by atoms with Gasteiger partial charge in [-0.3, -0.25) is 19.5 Å². The van der Waals surface area contributed by atoms with Crippen LogP contribution < -0.4 is 5.56 Å². The Morgan fingerprint density at radius 2 is 2.00 bits per heavy atom. The van der Waals surface area contributed by atoms with Gasteiger partial charge >= 0.3 is 0 Å². The summed E-state index contributed by atoms with van der Waals surface area (Å²) in [6.07, 6.45) is 8.69. The largest absolute Gasteiger partial charge is 0.284 e. The van der Waals surface area contributed by atoms with E-state index in [9.17, 15) is 14.9 Å². The summed E-state index contributed by atoms with van der Waals surface area (Å²) >= 11 is 3.20. The van der Waals surface area contributed by atoms with E-state index in [-0.39, 0.29) is 22.2 Å². The summed E-state index contributed by atoms with van der Waals surface area (Å²) < 4.78 is 1.94. The number of thiophene rings is 1. The van der Waals surface area contributed by atoms with Gasteiger partial charge in [-0.05, 0) is 49.7 Å². The molecule has 2 aliphatic rings. The van der Waals surface area contributed by atoms with Crippen LogP contribution in [-0.4, -0.2) is 14.5 Å². The van der Waals surface area contributed by atoms with E-state index in [1.165, 1.54) is 34.7 Å². The van der Waals surface area contributed by atoms with E-state index in [1.54, 1.807) is 23.5 Å². The van der Waals surface area contributed by atoms with Crippen LogP contribution in [0.3, 0.4) is 0 Å². The van der Waals surface area contributed by atoms with Crippen molar-refractivity contribution in [3.63, 3.8) is 0 Å². The van der Waals surface area contributed by atoms with Gasteiger partial charge in [-0.15, -0.1) is 11.3 Å². The van der Waals surface area contributed by atoms with Crippen molar-refractivity contribution in [2.45, 2.75) is 68.3 Å². The SMILES string of the molecule is O=c1c2c3c(sc2nc(SCc2cccc([N+](=O)[O-])c2)n1C1CCCC1)CCCC3. The molecule has 1 aromatic carbocycles. The Morgan fingerprint density at radius 3 is 2.80 bits per heavy atom. The molecule has 0 spiro atoms. The van der Waals surface area contributed by atoms with Gasteiger partial charge in [0, 0.05) is 28.8 Å². The van der Waals surface area contributed by atoms with Crippen LogP contribution in [0.15, 0.2) is 34.2 Å². The Labute approximate surface area is 182 Å². The lowest BCUT2D eigenvalue weighted by atomic mass is 9.97. The van der Waals surface area contributed by atoms with Gasteiger partial charge in [0.1, 0.15) is 4.83 Å². The van der Waals surface area contributed by atoms with Gasteiger partial charge in [-0.25, -0.2) is 4.98 Å². The lowest BCUT2D eigenvalue weighted by Gasteiger charge is -2.18. The highest BCUT2D eigenvalue weighted by Crippen LogP contribution is 2.38. The highest BCUT2D eigenvalue weighted by atomic mass is 32.2. The number of fused-ring (bicyclic) bond motifs is 3. The maximum absolute atomic E-state index is 13.7. The molecule has 0 N–H and O–H groups in total. The van der Waals surface area contributed by atoms with Gasteiger partial charge in [0.05, 0.1) is 10.3 Å². The smallest absolute Gasteiger partial charge is 0.269 e. The Bertz CT molecular complexity index is 1180. The van der Waals surface area contributed by atoms with Crippen molar-refractivity contribution in [2.24, 2.45) is 0 Å². The van der Waals surface area contributed by atoms with Crippen LogP contribution in [0, 0.1) is 10.1 Å². The fourth-order valence-corrected chi connectivity index (χ4v) is 7.00. The van der Waals surface area contributed by atoms with Gasteiger partial charge in [0.25, 0.3) is 11.2 Å². The molecule has 2 heterocycles. The number of rotatable bonds is 5. The van der Waals surface area contributed by atoms with Crippen LogP contribution in [0.5, 0.6) is 0 Å². The van der Waals surface area contributed by atoms with Crippen molar-refractivity contribution in [2.75, 3.05) is 0 Å². The molecule has 0 bridgehead atoms. The molecule has 156 valence electrons. The monoisotopic (exact) mass is 441 g/mol. The van der Waals surface area contributed by atoms with Crippen LogP contribution >= 0.6 is 23.1 Å². The summed E-state index contributed by atoms with van der Waals surface area (Å²) in [5.41, 5.74) is 2.32. The molecular formula is C22H23N3O3S2. The van der Waals surface area contributed by atoms with Crippen molar-refractivity contribution in [3.8, 4) is 0 Å². The van der Waals surface area contributed by atoms with Crippen molar-refractivity contribution in [1.82, 2.24) is 9.55 Å². The van der Waals surface area contributed by atoms with Gasteiger partial charge in [-0.2, -0.15) is 0 Å². The van der Waals surface area contributed by atoms with E-state index >= 15 is 0 Å². The average Bonchev–Trinajstić information content (AvgIpc) is 3.40. The first-order valence-corrected chi connectivity index (χ1v) is 12.3.